The standard InChI is InChI=1S/C24H33N7O/c1-15-11-19(31-12-16(2)32-17(3)13-31)9-10-20(15)28-24-29-22-21(25-14-26-22)23(30-24)27-18-7-5-4-6-8-18/h9-11,14,16-18H,4-8,12-13H2,1-3H3,(H3,25,26,27,28,29,30). The van der Waals surface area contributed by atoms with Crippen LogP contribution in [0, 0.1) is 6.92 Å². The Labute approximate surface area is 189 Å². The zero-order valence-electron chi connectivity index (χ0n) is 19.2. The van der Waals surface area contributed by atoms with Gasteiger partial charge in [0.2, 0.25) is 5.95 Å². The van der Waals surface area contributed by atoms with E-state index in [0.29, 0.717) is 17.6 Å². The number of hydrogen-bond donors (Lipinski definition) is 3. The summed E-state index contributed by atoms with van der Waals surface area (Å²) >= 11 is 0. The van der Waals surface area contributed by atoms with Crippen molar-refractivity contribution < 1.29 is 4.74 Å². The van der Waals surface area contributed by atoms with E-state index in [2.05, 4.69) is 69.5 Å². The van der Waals surface area contributed by atoms with Crippen LogP contribution in [0.5, 0.6) is 0 Å². The molecule has 0 amide bonds. The van der Waals surface area contributed by atoms with Gasteiger partial charge < -0.3 is 25.3 Å². The van der Waals surface area contributed by atoms with E-state index in [1.54, 1.807) is 6.33 Å². The summed E-state index contributed by atoms with van der Waals surface area (Å²) < 4.78 is 5.88. The number of rotatable bonds is 5. The Bertz CT molecular complexity index is 1070. The number of nitrogens with one attached hydrogen (secondary N) is 3. The number of hydrogen-bond acceptors (Lipinski definition) is 7. The maximum atomic E-state index is 5.88. The van der Waals surface area contributed by atoms with E-state index in [1.165, 1.54) is 37.8 Å². The van der Waals surface area contributed by atoms with Crippen molar-refractivity contribution in [3.05, 3.63) is 30.1 Å². The normalized spacial score (nSPS) is 22.3. The van der Waals surface area contributed by atoms with Crippen molar-refractivity contribution in [2.75, 3.05) is 28.6 Å². The van der Waals surface area contributed by atoms with Crippen molar-refractivity contribution in [2.45, 2.75) is 71.1 Å². The fourth-order valence-corrected chi connectivity index (χ4v) is 4.93. The lowest BCUT2D eigenvalue weighted by Crippen LogP contribution is -2.45. The van der Waals surface area contributed by atoms with E-state index < -0.39 is 0 Å². The Balaban J connectivity index is 1.37. The van der Waals surface area contributed by atoms with Gasteiger partial charge in [-0.2, -0.15) is 9.97 Å². The number of fused-ring (bicyclic) bond motifs is 1. The Morgan fingerprint density at radius 1 is 1.06 bits per heavy atom. The molecule has 3 heterocycles. The van der Waals surface area contributed by atoms with Crippen LogP contribution in [0.15, 0.2) is 24.5 Å². The maximum Gasteiger partial charge on any atom is 0.231 e. The third-order valence-electron chi connectivity index (χ3n) is 6.47. The van der Waals surface area contributed by atoms with Crippen molar-refractivity contribution in [3.8, 4) is 0 Å². The fourth-order valence-electron chi connectivity index (χ4n) is 4.93. The van der Waals surface area contributed by atoms with E-state index >= 15 is 0 Å². The molecule has 2 atom stereocenters. The maximum absolute atomic E-state index is 5.88. The van der Waals surface area contributed by atoms with Crippen LogP contribution in [-0.2, 0) is 4.74 Å². The largest absolute Gasteiger partial charge is 0.372 e. The Morgan fingerprint density at radius 3 is 2.59 bits per heavy atom. The molecule has 1 aliphatic carbocycles. The van der Waals surface area contributed by atoms with Gasteiger partial charge in [-0.1, -0.05) is 19.3 Å². The van der Waals surface area contributed by atoms with E-state index in [0.717, 1.165) is 35.7 Å². The molecule has 2 unspecified atom stereocenters. The van der Waals surface area contributed by atoms with Gasteiger partial charge >= 0.3 is 0 Å². The van der Waals surface area contributed by atoms with Gasteiger partial charge in [-0.15, -0.1) is 0 Å². The molecule has 2 fully saturated rings. The summed E-state index contributed by atoms with van der Waals surface area (Å²) in [5.74, 6) is 1.39. The number of H-pyrrole nitrogens is 1. The molecule has 0 radical (unpaired) electrons. The van der Waals surface area contributed by atoms with Crippen LogP contribution in [0.25, 0.3) is 11.2 Å². The van der Waals surface area contributed by atoms with Gasteiger partial charge in [-0.25, -0.2) is 4.98 Å². The van der Waals surface area contributed by atoms with Gasteiger partial charge in [-0.05, 0) is 57.4 Å². The Hall–Kier alpha value is -2.87. The summed E-state index contributed by atoms with van der Waals surface area (Å²) in [5.41, 5.74) is 4.91. The predicted molar refractivity (Wildman–Crippen MR) is 129 cm³/mol. The molecule has 32 heavy (non-hydrogen) atoms. The van der Waals surface area contributed by atoms with Gasteiger partial charge in [0.15, 0.2) is 11.5 Å². The number of aryl methyl sites for hydroxylation is 1. The Kier molecular flexibility index (Phi) is 5.87. The van der Waals surface area contributed by atoms with Crippen molar-refractivity contribution in [1.82, 2.24) is 19.9 Å². The van der Waals surface area contributed by atoms with Gasteiger partial charge in [0.25, 0.3) is 0 Å². The quantitative estimate of drug-likeness (QED) is 0.532. The van der Waals surface area contributed by atoms with Crippen LogP contribution in [-0.4, -0.2) is 51.3 Å². The summed E-state index contributed by atoms with van der Waals surface area (Å²) in [6, 6.07) is 6.95. The highest BCUT2D eigenvalue weighted by Gasteiger charge is 2.23. The zero-order valence-corrected chi connectivity index (χ0v) is 19.2. The number of anilines is 4. The van der Waals surface area contributed by atoms with Crippen LogP contribution in [0.3, 0.4) is 0 Å². The van der Waals surface area contributed by atoms with E-state index in [-0.39, 0.29) is 12.2 Å². The minimum absolute atomic E-state index is 0.237. The third-order valence-corrected chi connectivity index (χ3v) is 6.47. The minimum Gasteiger partial charge on any atom is -0.372 e. The molecule has 0 bridgehead atoms. The van der Waals surface area contributed by atoms with Crippen LogP contribution < -0.4 is 15.5 Å². The third kappa shape index (κ3) is 4.50. The number of aromatic nitrogens is 4. The predicted octanol–water partition coefficient (Wildman–Crippen LogP) is 4.76. The molecule has 1 aromatic carbocycles. The number of benzene rings is 1. The second-order valence-corrected chi connectivity index (χ2v) is 9.26. The number of nitrogens with zero attached hydrogens (tertiary/aromatic N) is 4. The van der Waals surface area contributed by atoms with Crippen LogP contribution >= 0.6 is 0 Å². The molecule has 3 N–H and O–H groups in total. The first-order chi connectivity index (χ1) is 15.5. The van der Waals surface area contributed by atoms with Crippen LogP contribution in [0.1, 0.15) is 51.5 Å². The second kappa shape index (κ2) is 8.94. The summed E-state index contributed by atoms with van der Waals surface area (Å²) in [5, 5.41) is 7.05. The average molecular weight is 436 g/mol. The molecule has 2 aromatic heterocycles. The summed E-state index contributed by atoms with van der Waals surface area (Å²) in [6.45, 7) is 8.20. The molecule has 3 aromatic rings. The molecule has 1 saturated heterocycles. The Morgan fingerprint density at radius 2 is 1.84 bits per heavy atom. The highest BCUT2D eigenvalue weighted by atomic mass is 16.5. The topological polar surface area (TPSA) is 91.0 Å². The molecule has 2 aliphatic rings. The first-order valence-electron chi connectivity index (χ1n) is 11.8. The SMILES string of the molecule is Cc1cc(N2CC(C)OC(C)C2)ccc1Nc1nc(NC2CCCCC2)c2[nH]cnc2n1. The monoisotopic (exact) mass is 435 g/mol. The molecular weight excluding hydrogens is 402 g/mol. The molecule has 5 rings (SSSR count). The molecule has 0 spiro atoms. The molecule has 1 aliphatic heterocycles. The summed E-state index contributed by atoms with van der Waals surface area (Å²) in [6.07, 6.45) is 8.38. The van der Waals surface area contributed by atoms with Crippen molar-refractivity contribution >= 4 is 34.3 Å². The van der Waals surface area contributed by atoms with Gasteiger partial charge in [-0.3, -0.25) is 0 Å². The lowest BCUT2D eigenvalue weighted by atomic mass is 9.95. The van der Waals surface area contributed by atoms with Gasteiger partial charge in [0.05, 0.1) is 18.5 Å². The van der Waals surface area contributed by atoms with Crippen molar-refractivity contribution in [2.24, 2.45) is 0 Å². The number of imidazole rings is 1. The average Bonchev–Trinajstić information content (AvgIpc) is 3.24. The second-order valence-electron chi connectivity index (χ2n) is 9.26. The first-order valence-corrected chi connectivity index (χ1v) is 11.8. The van der Waals surface area contributed by atoms with Crippen molar-refractivity contribution in [1.29, 1.82) is 0 Å². The first kappa shape index (κ1) is 21.0. The molecule has 170 valence electrons. The lowest BCUT2D eigenvalue weighted by molar-refractivity contribution is -0.00521. The van der Waals surface area contributed by atoms with Crippen LogP contribution in [0.2, 0.25) is 0 Å². The van der Waals surface area contributed by atoms with E-state index in [4.69, 9.17) is 9.72 Å². The molecular formula is C24H33N7O. The molecule has 8 heteroatoms. The molecule has 8 nitrogen and oxygen atoms in total. The zero-order chi connectivity index (χ0) is 22.1. The van der Waals surface area contributed by atoms with Gasteiger partial charge in [0.1, 0.15) is 5.52 Å². The summed E-state index contributed by atoms with van der Waals surface area (Å²) in [4.78, 5) is 19.4. The number of aromatic amines is 1. The van der Waals surface area contributed by atoms with Crippen molar-refractivity contribution in [3.63, 3.8) is 0 Å². The smallest absolute Gasteiger partial charge is 0.231 e. The van der Waals surface area contributed by atoms with E-state index in [1.807, 2.05) is 0 Å². The number of ether oxygens (including phenoxy) is 1. The summed E-state index contributed by atoms with van der Waals surface area (Å²) in [7, 11) is 0. The highest BCUT2D eigenvalue weighted by Crippen LogP contribution is 2.29. The van der Waals surface area contributed by atoms with Crippen LogP contribution in [0.4, 0.5) is 23.1 Å². The minimum atomic E-state index is 0.237. The number of morpholine rings is 1. The highest BCUT2D eigenvalue weighted by molar-refractivity contribution is 5.84. The lowest BCUT2D eigenvalue weighted by Gasteiger charge is -2.37. The molecule has 1 saturated carbocycles. The van der Waals surface area contributed by atoms with Gasteiger partial charge in [0, 0.05) is 30.5 Å². The van der Waals surface area contributed by atoms with E-state index in [9.17, 15) is 0 Å². The fraction of sp³-hybridized carbons (Fsp3) is 0.542.